The molecule has 0 aromatic heterocycles. The van der Waals surface area contributed by atoms with E-state index in [1.807, 2.05) is 6.92 Å². The summed E-state index contributed by atoms with van der Waals surface area (Å²) in [5, 5.41) is 0.549. The highest BCUT2D eigenvalue weighted by molar-refractivity contribution is 8.00. The summed E-state index contributed by atoms with van der Waals surface area (Å²) >= 11 is 5.77. The predicted molar refractivity (Wildman–Crippen MR) is 72.8 cm³/mol. The van der Waals surface area contributed by atoms with Crippen molar-refractivity contribution in [3.8, 4) is 5.75 Å². The molecule has 0 radical (unpaired) electrons. The lowest BCUT2D eigenvalue weighted by Gasteiger charge is -2.14. The first-order chi connectivity index (χ1) is 8.78. The number of halogens is 4. The highest BCUT2D eigenvalue weighted by Gasteiger charge is 2.27. The minimum atomic E-state index is -4.22. The van der Waals surface area contributed by atoms with Crippen molar-refractivity contribution >= 4 is 23.4 Å². The maximum atomic E-state index is 12.0. The van der Waals surface area contributed by atoms with E-state index in [1.54, 1.807) is 18.2 Å². The van der Waals surface area contributed by atoms with E-state index >= 15 is 0 Å². The van der Waals surface area contributed by atoms with Crippen molar-refractivity contribution < 1.29 is 17.9 Å². The van der Waals surface area contributed by atoms with E-state index in [4.69, 9.17) is 22.1 Å². The van der Waals surface area contributed by atoms with Gasteiger partial charge in [0.1, 0.15) is 5.75 Å². The molecule has 0 saturated carbocycles. The van der Waals surface area contributed by atoms with Crippen LogP contribution in [0.5, 0.6) is 5.75 Å². The first kappa shape index (κ1) is 16.5. The van der Waals surface area contributed by atoms with Crippen molar-refractivity contribution in [3.05, 3.63) is 28.8 Å². The number of nitrogens with two attached hydrogens (primary N) is 1. The molecule has 0 heterocycles. The molecule has 0 aliphatic rings. The van der Waals surface area contributed by atoms with Crippen LogP contribution in [0.1, 0.15) is 12.5 Å². The van der Waals surface area contributed by atoms with Gasteiger partial charge < -0.3 is 10.5 Å². The average Bonchev–Trinajstić information content (AvgIpc) is 2.24. The van der Waals surface area contributed by atoms with Crippen molar-refractivity contribution in [2.24, 2.45) is 5.73 Å². The van der Waals surface area contributed by atoms with Crippen LogP contribution < -0.4 is 10.5 Å². The Labute approximate surface area is 119 Å². The number of ether oxygens (including phenoxy) is 1. The van der Waals surface area contributed by atoms with Crippen molar-refractivity contribution in [2.45, 2.75) is 24.9 Å². The molecule has 1 aromatic rings. The topological polar surface area (TPSA) is 35.2 Å². The first-order valence-corrected chi connectivity index (χ1v) is 7.02. The van der Waals surface area contributed by atoms with Crippen molar-refractivity contribution in [1.82, 2.24) is 0 Å². The molecule has 19 heavy (non-hydrogen) atoms. The molecule has 2 N–H and O–H groups in total. The van der Waals surface area contributed by atoms with Gasteiger partial charge in [-0.05, 0) is 48.9 Å². The van der Waals surface area contributed by atoms with Crippen LogP contribution in [0.3, 0.4) is 0 Å². The van der Waals surface area contributed by atoms with Crippen LogP contribution in [-0.2, 0) is 6.42 Å². The molecule has 0 aliphatic heterocycles. The number of rotatable bonds is 6. The normalized spacial score (nSPS) is 13.4. The molecule has 2 nitrogen and oxygen atoms in total. The largest absolute Gasteiger partial charge is 0.492 e. The Morgan fingerprint density at radius 2 is 2.11 bits per heavy atom. The molecular weight excluding hydrogens is 299 g/mol. The Bertz CT molecular complexity index is 412. The van der Waals surface area contributed by atoms with Gasteiger partial charge in [-0.3, -0.25) is 0 Å². The van der Waals surface area contributed by atoms with Crippen molar-refractivity contribution in [3.63, 3.8) is 0 Å². The zero-order valence-electron chi connectivity index (χ0n) is 10.3. The van der Waals surface area contributed by atoms with Gasteiger partial charge in [0.05, 0.1) is 6.61 Å². The van der Waals surface area contributed by atoms with Gasteiger partial charge >= 0.3 is 5.51 Å². The minimum absolute atomic E-state index is 0.0161. The van der Waals surface area contributed by atoms with E-state index in [0.29, 0.717) is 17.2 Å². The molecule has 0 fully saturated rings. The molecular formula is C12H15ClF3NOS. The summed E-state index contributed by atoms with van der Waals surface area (Å²) in [5.41, 5.74) is 2.28. The van der Waals surface area contributed by atoms with E-state index in [0.717, 1.165) is 5.56 Å². The first-order valence-electron chi connectivity index (χ1n) is 5.65. The van der Waals surface area contributed by atoms with E-state index in [-0.39, 0.29) is 30.2 Å². The molecule has 0 saturated heterocycles. The number of alkyl halides is 3. The molecule has 1 unspecified atom stereocenters. The van der Waals surface area contributed by atoms with Gasteiger partial charge in [0.25, 0.3) is 0 Å². The number of thioether (sulfide) groups is 1. The second kappa shape index (κ2) is 7.26. The standard InChI is InChI=1S/C12H15ClF3NOS/c1-8(17)6-9-7-10(13)2-3-11(9)18-4-5-19-12(14,15)16/h2-3,7-8H,4-6,17H2,1H3. The van der Waals surface area contributed by atoms with Gasteiger partial charge in [0.15, 0.2) is 0 Å². The van der Waals surface area contributed by atoms with Crippen LogP contribution in [0.25, 0.3) is 0 Å². The van der Waals surface area contributed by atoms with Crippen molar-refractivity contribution in [1.29, 1.82) is 0 Å². The quantitative estimate of drug-likeness (QED) is 0.810. The van der Waals surface area contributed by atoms with Crippen LogP contribution in [0.2, 0.25) is 5.02 Å². The molecule has 7 heteroatoms. The Kier molecular flexibility index (Phi) is 6.29. The third kappa shape index (κ3) is 6.94. The summed E-state index contributed by atoms with van der Waals surface area (Å²) < 4.78 is 41.2. The lowest BCUT2D eigenvalue weighted by Crippen LogP contribution is -2.18. The molecule has 1 atom stereocenters. The van der Waals surface area contributed by atoms with Crippen molar-refractivity contribution in [2.75, 3.05) is 12.4 Å². The Morgan fingerprint density at radius 3 is 2.68 bits per heavy atom. The summed E-state index contributed by atoms with van der Waals surface area (Å²) in [7, 11) is 0. The maximum Gasteiger partial charge on any atom is 0.441 e. The molecule has 0 spiro atoms. The monoisotopic (exact) mass is 313 g/mol. The third-order valence-corrected chi connectivity index (χ3v) is 3.10. The zero-order chi connectivity index (χ0) is 14.5. The molecule has 1 aromatic carbocycles. The van der Waals surface area contributed by atoms with E-state index in [1.165, 1.54) is 0 Å². The Hall–Kier alpha value is -0.590. The fourth-order valence-electron chi connectivity index (χ4n) is 1.50. The van der Waals surface area contributed by atoms with Crippen LogP contribution in [0.15, 0.2) is 18.2 Å². The Balaban J connectivity index is 2.57. The van der Waals surface area contributed by atoms with Crippen LogP contribution in [0.4, 0.5) is 13.2 Å². The summed E-state index contributed by atoms with van der Waals surface area (Å²) in [6, 6.07) is 4.93. The number of benzene rings is 1. The SMILES string of the molecule is CC(N)Cc1cc(Cl)ccc1OCCSC(F)(F)F. The molecule has 108 valence electrons. The molecule has 0 aliphatic carbocycles. The summed E-state index contributed by atoms with van der Waals surface area (Å²) in [4.78, 5) is 0. The maximum absolute atomic E-state index is 12.0. The average molecular weight is 314 g/mol. The van der Waals surface area contributed by atoms with Gasteiger partial charge in [0, 0.05) is 16.8 Å². The fourth-order valence-corrected chi connectivity index (χ4v) is 2.10. The lowest BCUT2D eigenvalue weighted by atomic mass is 10.1. The van der Waals surface area contributed by atoms with Crippen LogP contribution in [-0.4, -0.2) is 23.9 Å². The Morgan fingerprint density at radius 1 is 1.42 bits per heavy atom. The minimum Gasteiger partial charge on any atom is -0.492 e. The second-order valence-corrected chi connectivity index (χ2v) is 5.67. The van der Waals surface area contributed by atoms with Gasteiger partial charge in [-0.2, -0.15) is 13.2 Å². The van der Waals surface area contributed by atoms with Crippen LogP contribution >= 0.6 is 23.4 Å². The fraction of sp³-hybridized carbons (Fsp3) is 0.500. The van der Waals surface area contributed by atoms with Gasteiger partial charge in [-0.1, -0.05) is 11.6 Å². The second-order valence-electron chi connectivity index (χ2n) is 4.08. The predicted octanol–water partition coefficient (Wildman–Crippen LogP) is 3.86. The molecule has 0 bridgehead atoms. The van der Waals surface area contributed by atoms with Gasteiger partial charge in [-0.15, -0.1) is 0 Å². The van der Waals surface area contributed by atoms with E-state index in [9.17, 15) is 13.2 Å². The highest BCUT2D eigenvalue weighted by Crippen LogP contribution is 2.30. The number of hydrogen-bond donors (Lipinski definition) is 1. The summed E-state index contributed by atoms with van der Waals surface area (Å²) in [6.07, 6.45) is 0.558. The zero-order valence-corrected chi connectivity index (χ0v) is 11.9. The molecule has 0 amide bonds. The lowest BCUT2D eigenvalue weighted by molar-refractivity contribution is -0.0329. The van der Waals surface area contributed by atoms with Gasteiger partial charge in [-0.25, -0.2) is 0 Å². The van der Waals surface area contributed by atoms with E-state index in [2.05, 4.69) is 0 Å². The summed E-state index contributed by atoms with van der Waals surface area (Å²) in [5.74, 6) is 0.383. The smallest absolute Gasteiger partial charge is 0.441 e. The van der Waals surface area contributed by atoms with Gasteiger partial charge in [0.2, 0.25) is 0 Å². The molecule has 1 rings (SSSR count). The third-order valence-electron chi connectivity index (χ3n) is 2.17. The summed E-state index contributed by atoms with van der Waals surface area (Å²) in [6.45, 7) is 1.82. The van der Waals surface area contributed by atoms with E-state index < -0.39 is 5.51 Å². The number of hydrogen-bond acceptors (Lipinski definition) is 3. The highest BCUT2D eigenvalue weighted by atomic mass is 35.5. The van der Waals surface area contributed by atoms with Crippen LogP contribution in [0, 0.1) is 0 Å².